The molecule has 1 aromatic carbocycles. The van der Waals surface area contributed by atoms with E-state index in [1.54, 1.807) is 6.33 Å². The van der Waals surface area contributed by atoms with Crippen LogP contribution in [0.15, 0.2) is 24.5 Å². The van der Waals surface area contributed by atoms with Gasteiger partial charge in [0.1, 0.15) is 0 Å². The third kappa shape index (κ3) is 1.98. The molecule has 2 aromatic rings. The number of carboxylic acids is 1. The van der Waals surface area contributed by atoms with Gasteiger partial charge in [0.15, 0.2) is 0 Å². The number of aliphatic carboxylic acids is 1. The molecular weight excluding hydrogens is 192 g/mol. The molecule has 0 aliphatic rings. The number of hydrogen-bond donors (Lipinski definition) is 1. The van der Waals surface area contributed by atoms with E-state index >= 15 is 0 Å². The maximum Gasteiger partial charge on any atom is 0.303 e. The molecule has 4 nitrogen and oxygen atoms in total. The first-order valence-corrected chi connectivity index (χ1v) is 4.78. The fourth-order valence-corrected chi connectivity index (χ4v) is 1.59. The molecule has 0 aliphatic heterocycles. The molecule has 1 heterocycles. The fraction of sp³-hybridized carbons (Fsp3) is 0.273. The van der Waals surface area contributed by atoms with Gasteiger partial charge in [-0.3, -0.25) is 4.79 Å². The molecule has 1 N–H and O–H groups in total. The van der Waals surface area contributed by atoms with E-state index < -0.39 is 5.97 Å². The lowest BCUT2D eigenvalue weighted by Crippen LogP contribution is -1.97. The monoisotopic (exact) mass is 204 g/mol. The Hall–Kier alpha value is -1.84. The minimum absolute atomic E-state index is 0.165. The van der Waals surface area contributed by atoms with Crippen LogP contribution in [-0.4, -0.2) is 20.6 Å². The predicted molar refractivity (Wildman–Crippen MR) is 56.7 cm³/mol. The van der Waals surface area contributed by atoms with Gasteiger partial charge in [0.2, 0.25) is 0 Å². The summed E-state index contributed by atoms with van der Waals surface area (Å²) >= 11 is 0. The maximum atomic E-state index is 10.4. The zero-order valence-corrected chi connectivity index (χ0v) is 8.47. The summed E-state index contributed by atoms with van der Waals surface area (Å²) in [6, 6.07) is 5.87. The first-order valence-electron chi connectivity index (χ1n) is 4.78. The van der Waals surface area contributed by atoms with Gasteiger partial charge in [0, 0.05) is 13.5 Å². The van der Waals surface area contributed by atoms with Crippen molar-refractivity contribution in [3.8, 4) is 0 Å². The lowest BCUT2D eigenvalue weighted by molar-refractivity contribution is -0.136. The number of imidazole rings is 1. The third-order valence-electron chi connectivity index (χ3n) is 2.42. The lowest BCUT2D eigenvalue weighted by Gasteiger charge is -1.99. The van der Waals surface area contributed by atoms with Crippen LogP contribution in [0.25, 0.3) is 11.0 Å². The Bertz CT molecular complexity index is 502. The van der Waals surface area contributed by atoms with Crippen LogP contribution >= 0.6 is 0 Å². The van der Waals surface area contributed by atoms with Crippen LogP contribution in [0.5, 0.6) is 0 Å². The third-order valence-corrected chi connectivity index (χ3v) is 2.42. The predicted octanol–water partition coefficient (Wildman–Crippen LogP) is 1.59. The van der Waals surface area contributed by atoms with Crippen molar-refractivity contribution in [3.63, 3.8) is 0 Å². The van der Waals surface area contributed by atoms with Crippen LogP contribution in [0, 0.1) is 0 Å². The first kappa shape index (κ1) is 9.71. The lowest BCUT2D eigenvalue weighted by atomic mass is 10.1. The second-order valence-electron chi connectivity index (χ2n) is 3.57. The number of carboxylic acid groups (broad SMARTS) is 1. The molecule has 4 heteroatoms. The van der Waals surface area contributed by atoms with Gasteiger partial charge in [-0.15, -0.1) is 0 Å². The number of carbonyl (C=O) groups is 1. The van der Waals surface area contributed by atoms with Crippen molar-refractivity contribution in [2.75, 3.05) is 0 Å². The molecule has 0 bridgehead atoms. The second kappa shape index (κ2) is 3.73. The first-order chi connectivity index (χ1) is 7.16. The van der Waals surface area contributed by atoms with E-state index in [4.69, 9.17) is 5.11 Å². The molecule has 0 saturated heterocycles. The smallest absolute Gasteiger partial charge is 0.303 e. The summed E-state index contributed by atoms with van der Waals surface area (Å²) in [6.45, 7) is 0. The number of aryl methyl sites for hydroxylation is 2. The molecule has 78 valence electrons. The maximum absolute atomic E-state index is 10.4. The van der Waals surface area contributed by atoms with Gasteiger partial charge in [0.05, 0.1) is 17.4 Å². The van der Waals surface area contributed by atoms with Crippen molar-refractivity contribution < 1.29 is 9.90 Å². The Kier molecular flexibility index (Phi) is 2.41. The molecule has 0 fully saturated rings. The summed E-state index contributed by atoms with van der Waals surface area (Å²) in [7, 11) is 1.94. The quantitative estimate of drug-likeness (QED) is 0.826. The van der Waals surface area contributed by atoms with E-state index in [0.717, 1.165) is 16.6 Å². The summed E-state index contributed by atoms with van der Waals surface area (Å²) in [6.07, 6.45) is 2.48. The van der Waals surface area contributed by atoms with E-state index in [2.05, 4.69) is 4.98 Å². The highest BCUT2D eigenvalue weighted by molar-refractivity contribution is 5.76. The molecular formula is C11H12N2O2. The molecule has 0 saturated carbocycles. The van der Waals surface area contributed by atoms with Crippen molar-refractivity contribution in [1.29, 1.82) is 0 Å². The van der Waals surface area contributed by atoms with E-state index in [0.29, 0.717) is 6.42 Å². The molecule has 15 heavy (non-hydrogen) atoms. The zero-order chi connectivity index (χ0) is 10.8. The Labute approximate surface area is 87.2 Å². The van der Waals surface area contributed by atoms with E-state index in [1.165, 1.54) is 0 Å². The zero-order valence-electron chi connectivity index (χ0n) is 8.47. The van der Waals surface area contributed by atoms with Crippen molar-refractivity contribution in [3.05, 3.63) is 30.1 Å². The van der Waals surface area contributed by atoms with Gasteiger partial charge >= 0.3 is 5.97 Å². The minimum atomic E-state index is -0.767. The van der Waals surface area contributed by atoms with Gasteiger partial charge in [0.25, 0.3) is 0 Å². The minimum Gasteiger partial charge on any atom is -0.481 e. The normalized spacial score (nSPS) is 10.7. The number of aromatic nitrogens is 2. The van der Waals surface area contributed by atoms with Crippen molar-refractivity contribution in [2.45, 2.75) is 12.8 Å². The van der Waals surface area contributed by atoms with Crippen molar-refractivity contribution in [1.82, 2.24) is 9.55 Å². The Morgan fingerprint density at radius 3 is 3.07 bits per heavy atom. The molecule has 0 aliphatic carbocycles. The number of fused-ring (bicyclic) bond motifs is 1. The summed E-state index contributed by atoms with van der Waals surface area (Å²) in [5, 5.41) is 8.57. The molecule has 0 amide bonds. The molecule has 0 radical (unpaired) electrons. The van der Waals surface area contributed by atoms with Gasteiger partial charge < -0.3 is 9.67 Å². The standard InChI is InChI=1S/C11H12N2O2/c1-13-7-12-9-6-8(2-4-10(9)13)3-5-11(14)15/h2,4,6-7H,3,5H2,1H3,(H,14,15). The van der Waals surface area contributed by atoms with Crippen LogP contribution in [0.3, 0.4) is 0 Å². The largest absolute Gasteiger partial charge is 0.481 e. The Morgan fingerprint density at radius 2 is 2.33 bits per heavy atom. The van der Waals surface area contributed by atoms with Crippen molar-refractivity contribution >= 4 is 17.0 Å². The van der Waals surface area contributed by atoms with Crippen LogP contribution in [0.1, 0.15) is 12.0 Å². The van der Waals surface area contributed by atoms with Gasteiger partial charge in [-0.1, -0.05) is 6.07 Å². The summed E-state index contributed by atoms with van der Waals surface area (Å²) in [5.74, 6) is -0.767. The highest BCUT2D eigenvalue weighted by atomic mass is 16.4. The van der Waals surface area contributed by atoms with Gasteiger partial charge in [-0.25, -0.2) is 4.98 Å². The topological polar surface area (TPSA) is 55.1 Å². The fourth-order valence-electron chi connectivity index (χ4n) is 1.59. The van der Waals surface area contributed by atoms with E-state index in [1.807, 2.05) is 29.8 Å². The highest BCUT2D eigenvalue weighted by Crippen LogP contribution is 2.14. The molecule has 2 rings (SSSR count). The molecule has 0 unspecified atom stereocenters. The van der Waals surface area contributed by atoms with E-state index in [9.17, 15) is 4.79 Å². The Morgan fingerprint density at radius 1 is 1.53 bits per heavy atom. The SMILES string of the molecule is Cn1cnc2cc(CCC(=O)O)ccc21. The summed E-state index contributed by atoms with van der Waals surface area (Å²) < 4.78 is 1.94. The molecule has 1 aromatic heterocycles. The van der Waals surface area contributed by atoms with Crippen LogP contribution in [0.4, 0.5) is 0 Å². The van der Waals surface area contributed by atoms with Gasteiger partial charge in [-0.05, 0) is 24.1 Å². The van der Waals surface area contributed by atoms with Gasteiger partial charge in [-0.2, -0.15) is 0 Å². The van der Waals surface area contributed by atoms with Crippen LogP contribution in [-0.2, 0) is 18.3 Å². The van der Waals surface area contributed by atoms with Crippen molar-refractivity contribution in [2.24, 2.45) is 7.05 Å². The average Bonchev–Trinajstić information content (AvgIpc) is 2.57. The number of benzene rings is 1. The average molecular weight is 204 g/mol. The Balaban J connectivity index is 2.27. The number of hydrogen-bond acceptors (Lipinski definition) is 2. The van der Waals surface area contributed by atoms with Crippen LogP contribution < -0.4 is 0 Å². The number of nitrogens with zero attached hydrogens (tertiary/aromatic N) is 2. The number of rotatable bonds is 3. The molecule has 0 spiro atoms. The van der Waals surface area contributed by atoms with E-state index in [-0.39, 0.29) is 6.42 Å². The molecule has 0 atom stereocenters. The second-order valence-corrected chi connectivity index (χ2v) is 3.57. The summed E-state index contributed by atoms with van der Waals surface area (Å²) in [4.78, 5) is 14.6. The van der Waals surface area contributed by atoms with Crippen LogP contribution in [0.2, 0.25) is 0 Å². The highest BCUT2D eigenvalue weighted by Gasteiger charge is 2.03. The summed E-state index contributed by atoms with van der Waals surface area (Å²) in [5.41, 5.74) is 3.00.